The first-order valence-electron chi connectivity index (χ1n) is 13.7. The fraction of sp³-hybridized carbons (Fsp3) is 0.438. The van der Waals surface area contributed by atoms with E-state index in [1.165, 1.54) is 12.0 Å². The minimum absolute atomic E-state index is 0.0836. The van der Waals surface area contributed by atoms with Crippen molar-refractivity contribution in [3.8, 4) is 0 Å². The number of anilines is 1. The van der Waals surface area contributed by atoms with Crippen molar-refractivity contribution >= 4 is 28.3 Å². The van der Waals surface area contributed by atoms with Gasteiger partial charge in [0.05, 0.1) is 6.42 Å². The van der Waals surface area contributed by atoms with Gasteiger partial charge in [-0.15, -0.1) is 0 Å². The molecule has 3 aromatic rings. The molecule has 0 saturated heterocycles. The van der Waals surface area contributed by atoms with Gasteiger partial charge in [0, 0.05) is 25.6 Å². The second kappa shape index (κ2) is 12.5. The van der Waals surface area contributed by atoms with Gasteiger partial charge < -0.3 is 9.64 Å². The van der Waals surface area contributed by atoms with Gasteiger partial charge in [0.25, 0.3) is 5.92 Å². The van der Waals surface area contributed by atoms with Crippen LogP contribution in [-0.2, 0) is 27.2 Å². The molecule has 4 rings (SSSR count). The summed E-state index contributed by atoms with van der Waals surface area (Å²) >= 11 is 0. The van der Waals surface area contributed by atoms with Crippen molar-refractivity contribution in [3.05, 3.63) is 77.9 Å². The molecule has 6 heteroatoms. The number of amides is 1. The third-order valence-electron chi connectivity index (χ3n) is 7.41. The van der Waals surface area contributed by atoms with Gasteiger partial charge >= 0.3 is 5.97 Å². The molecule has 1 amide bonds. The van der Waals surface area contributed by atoms with Crippen molar-refractivity contribution in [2.75, 3.05) is 11.4 Å². The normalized spacial score (nSPS) is 18.7. The summed E-state index contributed by atoms with van der Waals surface area (Å²) in [6, 6.07) is 21.9. The number of carbonyl (C=O) groups excluding carboxylic acids is 2. The lowest BCUT2D eigenvalue weighted by Gasteiger charge is -2.37. The molecule has 0 spiro atoms. The van der Waals surface area contributed by atoms with E-state index in [4.69, 9.17) is 4.74 Å². The van der Waals surface area contributed by atoms with Crippen LogP contribution >= 0.6 is 0 Å². The lowest BCUT2D eigenvalue weighted by molar-refractivity contribution is -0.184. The van der Waals surface area contributed by atoms with Crippen molar-refractivity contribution in [2.45, 2.75) is 77.2 Å². The first kappa shape index (κ1) is 27.7. The van der Waals surface area contributed by atoms with E-state index in [1.54, 1.807) is 4.90 Å². The number of aryl methyl sites for hydroxylation is 1. The number of halogens is 2. The Morgan fingerprint density at radius 1 is 0.947 bits per heavy atom. The van der Waals surface area contributed by atoms with Gasteiger partial charge in [-0.2, -0.15) is 0 Å². The number of ether oxygens (including phenoxy) is 1. The Balaban J connectivity index is 1.53. The molecule has 1 aliphatic carbocycles. The number of hydrogen-bond donors (Lipinski definition) is 0. The second-order valence-electron chi connectivity index (χ2n) is 10.5. The van der Waals surface area contributed by atoms with Gasteiger partial charge in [0.1, 0.15) is 0 Å². The van der Waals surface area contributed by atoms with Gasteiger partial charge in [-0.3, -0.25) is 9.59 Å². The predicted molar refractivity (Wildman–Crippen MR) is 148 cm³/mol. The molecule has 4 nitrogen and oxygen atoms in total. The summed E-state index contributed by atoms with van der Waals surface area (Å²) < 4.78 is 34.6. The van der Waals surface area contributed by atoms with Crippen molar-refractivity contribution in [2.24, 2.45) is 5.92 Å². The van der Waals surface area contributed by atoms with Gasteiger partial charge in [0.2, 0.25) is 5.91 Å². The smallest absolute Gasteiger partial charge is 0.303 e. The number of carbonyl (C=O) groups is 2. The Hall–Kier alpha value is -3.28. The number of nitrogens with zero attached hydrogens (tertiary/aromatic N) is 1. The van der Waals surface area contributed by atoms with Gasteiger partial charge in [-0.1, -0.05) is 74.4 Å². The van der Waals surface area contributed by atoms with Crippen molar-refractivity contribution < 1.29 is 23.1 Å². The molecule has 1 saturated carbocycles. The number of hydrogen-bond acceptors (Lipinski definition) is 3. The first-order chi connectivity index (χ1) is 18.2. The van der Waals surface area contributed by atoms with Crippen molar-refractivity contribution in [1.29, 1.82) is 0 Å². The zero-order chi connectivity index (χ0) is 27.1. The molecule has 3 aromatic carbocycles. The summed E-state index contributed by atoms with van der Waals surface area (Å²) in [6.07, 6.45) is 3.32. The standard InChI is InChI=1S/C32H37F2NO3/c1-3-4-5-8-24-12-16-29(17-13-24)35(22-26-14-18-30(38-23(2)36)32(33,34)21-26)31(37)20-25-11-15-27-9-6-7-10-28(27)19-25/h6-7,9-13,15-17,19,26,30H,3-5,8,14,18,20-22H2,1-2H3/t26-,30-/m1/s1. The highest BCUT2D eigenvalue weighted by Crippen LogP contribution is 2.39. The number of unbranched alkanes of at least 4 members (excludes halogenated alkanes) is 2. The maximum absolute atomic E-state index is 14.8. The van der Waals surface area contributed by atoms with Crippen LogP contribution in [0.15, 0.2) is 66.7 Å². The predicted octanol–water partition coefficient (Wildman–Crippen LogP) is 7.52. The fourth-order valence-corrected chi connectivity index (χ4v) is 5.37. The molecule has 1 fully saturated rings. The summed E-state index contributed by atoms with van der Waals surface area (Å²) in [5.74, 6) is -4.34. The number of alkyl halides is 2. The van der Waals surface area contributed by atoms with Gasteiger partial charge in [-0.25, -0.2) is 8.78 Å². The van der Waals surface area contributed by atoms with E-state index < -0.39 is 30.3 Å². The number of rotatable bonds is 10. The summed E-state index contributed by atoms with van der Waals surface area (Å²) in [6.45, 7) is 3.52. The lowest BCUT2D eigenvalue weighted by Crippen LogP contribution is -2.46. The highest BCUT2D eigenvalue weighted by Gasteiger charge is 2.47. The SMILES string of the molecule is CCCCCc1ccc(N(C[C@@H]2CC[C@@H](OC(C)=O)C(F)(F)C2)C(=O)Cc2ccc3ccccc3c2)cc1. The quantitative estimate of drug-likeness (QED) is 0.205. The van der Waals surface area contributed by atoms with E-state index >= 15 is 0 Å². The molecule has 0 heterocycles. The average molecular weight is 522 g/mol. The average Bonchev–Trinajstić information content (AvgIpc) is 2.89. The summed E-state index contributed by atoms with van der Waals surface area (Å²) in [7, 11) is 0. The molecular formula is C32H37F2NO3. The van der Waals surface area contributed by atoms with Crippen molar-refractivity contribution in [1.82, 2.24) is 0 Å². The monoisotopic (exact) mass is 521 g/mol. The third-order valence-corrected chi connectivity index (χ3v) is 7.41. The van der Waals surface area contributed by atoms with Crippen LogP contribution in [0.5, 0.6) is 0 Å². The zero-order valence-electron chi connectivity index (χ0n) is 22.3. The van der Waals surface area contributed by atoms with Crippen LogP contribution in [0.4, 0.5) is 14.5 Å². The highest BCUT2D eigenvalue weighted by molar-refractivity contribution is 5.95. The molecule has 0 aliphatic heterocycles. The topological polar surface area (TPSA) is 46.6 Å². The molecule has 1 aliphatic rings. The maximum atomic E-state index is 14.8. The molecule has 0 unspecified atom stereocenters. The Bertz CT molecular complexity index is 1240. The molecule has 0 bridgehead atoms. The molecule has 38 heavy (non-hydrogen) atoms. The van der Waals surface area contributed by atoms with E-state index in [-0.39, 0.29) is 25.3 Å². The molecule has 0 N–H and O–H groups in total. The van der Waals surface area contributed by atoms with Crippen molar-refractivity contribution in [3.63, 3.8) is 0 Å². The Kier molecular flexibility index (Phi) is 9.13. The van der Waals surface area contributed by atoms with Gasteiger partial charge in [-0.05, 0) is 65.6 Å². The highest BCUT2D eigenvalue weighted by atomic mass is 19.3. The van der Waals surface area contributed by atoms with Crippen LogP contribution in [-0.4, -0.2) is 30.4 Å². The van der Waals surface area contributed by atoms with E-state index in [0.29, 0.717) is 6.42 Å². The molecule has 0 aromatic heterocycles. The lowest BCUT2D eigenvalue weighted by atomic mass is 9.84. The second-order valence-corrected chi connectivity index (χ2v) is 10.5. The Labute approximate surface area is 224 Å². The van der Waals surface area contributed by atoms with Crippen LogP contribution in [0.2, 0.25) is 0 Å². The number of fused-ring (bicyclic) bond motifs is 1. The van der Waals surface area contributed by atoms with Crippen LogP contribution in [0.3, 0.4) is 0 Å². The minimum atomic E-state index is -3.12. The van der Waals surface area contributed by atoms with Crippen LogP contribution in [0.25, 0.3) is 10.8 Å². The molecule has 0 radical (unpaired) electrons. The molecule has 202 valence electrons. The first-order valence-corrected chi connectivity index (χ1v) is 13.7. The van der Waals surface area contributed by atoms with E-state index in [2.05, 4.69) is 6.92 Å². The summed E-state index contributed by atoms with van der Waals surface area (Å²) in [5, 5.41) is 2.16. The van der Waals surface area contributed by atoms with Crippen LogP contribution in [0, 0.1) is 5.92 Å². The Morgan fingerprint density at radius 2 is 1.66 bits per heavy atom. The number of esters is 1. The van der Waals surface area contributed by atoms with Gasteiger partial charge in [0.15, 0.2) is 6.10 Å². The summed E-state index contributed by atoms with van der Waals surface area (Å²) in [5.41, 5.74) is 2.82. The van der Waals surface area contributed by atoms with E-state index in [1.807, 2.05) is 66.7 Å². The molecular weight excluding hydrogens is 484 g/mol. The summed E-state index contributed by atoms with van der Waals surface area (Å²) in [4.78, 5) is 26.6. The van der Waals surface area contributed by atoms with Crippen LogP contribution in [0.1, 0.15) is 63.5 Å². The number of benzene rings is 3. The molecule has 2 atom stereocenters. The largest absolute Gasteiger partial charge is 0.456 e. The Morgan fingerprint density at radius 3 is 2.34 bits per heavy atom. The maximum Gasteiger partial charge on any atom is 0.303 e. The minimum Gasteiger partial charge on any atom is -0.456 e. The van der Waals surface area contributed by atoms with E-state index in [9.17, 15) is 18.4 Å². The fourth-order valence-electron chi connectivity index (χ4n) is 5.37. The van der Waals surface area contributed by atoms with Crippen LogP contribution < -0.4 is 4.90 Å². The van der Waals surface area contributed by atoms with E-state index in [0.717, 1.165) is 48.2 Å². The zero-order valence-corrected chi connectivity index (χ0v) is 22.3. The third kappa shape index (κ3) is 7.18.